The number of nitrogens with zero attached hydrogens (tertiary/aromatic N) is 3. The number of hydrogen-bond acceptors (Lipinski definition) is 3. The van der Waals surface area contributed by atoms with Gasteiger partial charge in [-0.05, 0) is 32.0 Å². The Morgan fingerprint density at radius 2 is 2.39 bits per heavy atom. The van der Waals surface area contributed by atoms with Gasteiger partial charge in [-0.2, -0.15) is 0 Å². The SMILES string of the molecule is CNCCc1nc(-c2cccnc2)c2n1CCC2. The summed E-state index contributed by atoms with van der Waals surface area (Å²) in [7, 11) is 1.98. The monoisotopic (exact) mass is 242 g/mol. The van der Waals surface area contributed by atoms with Gasteiger partial charge >= 0.3 is 0 Å². The number of hydrogen-bond donors (Lipinski definition) is 1. The van der Waals surface area contributed by atoms with E-state index in [0.717, 1.165) is 37.2 Å². The van der Waals surface area contributed by atoms with Crippen LogP contribution in [0.5, 0.6) is 0 Å². The van der Waals surface area contributed by atoms with Crippen molar-refractivity contribution in [1.82, 2.24) is 19.9 Å². The maximum atomic E-state index is 4.82. The largest absolute Gasteiger partial charge is 0.331 e. The third kappa shape index (κ3) is 1.93. The smallest absolute Gasteiger partial charge is 0.110 e. The zero-order valence-corrected chi connectivity index (χ0v) is 10.7. The van der Waals surface area contributed by atoms with Crippen molar-refractivity contribution in [2.24, 2.45) is 0 Å². The Morgan fingerprint density at radius 1 is 1.44 bits per heavy atom. The average molecular weight is 242 g/mol. The van der Waals surface area contributed by atoms with E-state index in [2.05, 4.69) is 20.9 Å². The van der Waals surface area contributed by atoms with Crippen molar-refractivity contribution in [2.45, 2.75) is 25.8 Å². The molecule has 0 aromatic carbocycles. The van der Waals surface area contributed by atoms with Crippen molar-refractivity contribution in [3.8, 4) is 11.3 Å². The molecule has 94 valence electrons. The van der Waals surface area contributed by atoms with E-state index in [1.165, 1.54) is 17.9 Å². The number of aromatic nitrogens is 3. The van der Waals surface area contributed by atoms with Gasteiger partial charge in [0.1, 0.15) is 5.82 Å². The summed E-state index contributed by atoms with van der Waals surface area (Å²) in [4.78, 5) is 9.02. The number of pyridine rings is 1. The van der Waals surface area contributed by atoms with Gasteiger partial charge in [0.15, 0.2) is 0 Å². The van der Waals surface area contributed by atoms with Crippen molar-refractivity contribution in [3.05, 3.63) is 36.0 Å². The summed E-state index contributed by atoms with van der Waals surface area (Å²) in [5.41, 5.74) is 3.65. The molecule has 4 nitrogen and oxygen atoms in total. The Labute approximate surface area is 107 Å². The van der Waals surface area contributed by atoms with Crippen LogP contribution in [0.25, 0.3) is 11.3 Å². The predicted octanol–water partition coefficient (Wildman–Crippen LogP) is 1.65. The number of imidazole rings is 1. The highest BCUT2D eigenvalue weighted by molar-refractivity contribution is 5.61. The third-order valence-corrected chi connectivity index (χ3v) is 3.48. The molecular weight excluding hydrogens is 224 g/mol. The van der Waals surface area contributed by atoms with Crippen LogP contribution in [0.2, 0.25) is 0 Å². The molecule has 0 aliphatic carbocycles. The molecule has 18 heavy (non-hydrogen) atoms. The van der Waals surface area contributed by atoms with Crippen LogP contribution in [0.4, 0.5) is 0 Å². The van der Waals surface area contributed by atoms with Crippen molar-refractivity contribution in [3.63, 3.8) is 0 Å². The van der Waals surface area contributed by atoms with Crippen LogP contribution in [0.15, 0.2) is 24.5 Å². The van der Waals surface area contributed by atoms with Gasteiger partial charge in [-0.15, -0.1) is 0 Å². The fourth-order valence-electron chi connectivity index (χ4n) is 2.62. The molecule has 3 rings (SSSR count). The first-order valence-electron chi connectivity index (χ1n) is 6.53. The lowest BCUT2D eigenvalue weighted by Gasteiger charge is -2.02. The van der Waals surface area contributed by atoms with Gasteiger partial charge in [0.05, 0.1) is 5.69 Å². The van der Waals surface area contributed by atoms with E-state index in [4.69, 9.17) is 4.98 Å². The standard InChI is InChI=1S/C14H18N4/c1-15-8-6-13-17-14(11-4-2-7-16-10-11)12-5-3-9-18(12)13/h2,4,7,10,15H,3,5-6,8-9H2,1H3. The third-order valence-electron chi connectivity index (χ3n) is 3.48. The van der Waals surface area contributed by atoms with E-state index in [0.29, 0.717) is 0 Å². The van der Waals surface area contributed by atoms with Crippen LogP contribution in [0.1, 0.15) is 17.9 Å². The van der Waals surface area contributed by atoms with Crippen LogP contribution in [-0.4, -0.2) is 28.1 Å². The number of nitrogens with one attached hydrogen (secondary N) is 1. The summed E-state index contributed by atoms with van der Waals surface area (Å²) < 4.78 is 2.39. The molecule has 2 aromatic heterocycles. The summed E-state index contributed by atoms with van der Waals surface area (Å²) in [6, 6.07) is 4.07. The van der Waals surface area contributed by atoms with Gasteiger partial charge in [0.25, 0.3) is 0 Å². The van der Waals surface area contributed by atoms with Crippen LogP contribution in [0, 0.1) is 0 Å². The van der Waals surface area contributed by atoms with E-state index >= 15 is 0 Å². The maximum Gasteiger partial charge on any atom is 0.110 e. The molecule has 0 radical (unpaired) electrons. The van der Waals surface area contributed by atoms with E-state index < -0.39 is 0 Å². The van der Waals surface area contributed by atoms with Gasteiger partial charge < -0.3 is 9.88 Å². The van der Waals surface area contributed by atoms with Crippen LogP contribution in [-0.2, 0) is 19.4 Å². The molecule has 0 saturated carbocycles. The highest BCUT2D eigenvalue weighted by Crippen LogP contribution is 2.29. The summed E-state index contributed by atoms with van der Waals surface area (Å²) in [5.74, 6) is 1.20. The molecule has 4 heteroatoms. The lowest BCUT2D eigenvalue weighted by atomic mass is 10.1. The topological polar surface area (TPSA) is 42.7 Å². The molecule has 0 bridgehead atoms. The summed E-state index contributed by atoms with van der Waals surface area (Å²) >= 11 is 0. The molecule has 0 amide bonds. The first-order valence-corrected chi connectivity index (χ1v) is 6.53. The Kier molecular flexibility index (Phi) is 3.11. The zero-order chi connectivity index (χ0) is 12.4. The minimum atomic E-state index is 0.975. The normalized spacial score (nSPS) is 13.8. The number of fused-ring (bicyclic) bond motifs is 1. The lowest BCUT2D eigenvalue weighted by molar-refractivity contribution is 0.663. The van der Waals surface area contributed by atoms with Gasteiger partial charge in [-0.3, -0.25) is 4.98 Å². The van der Waals surface area contributed by atoms with Crippen LogP contribution < -0.4 is 5.32 Å². The molecule has 0 fully saturated rings. The Balaban J connectivity index is 2.01. The molecule has 1 aliphatic heterocycles. The average Bonchev–Trinajstić information content (AvgIpc) is 3.00. The molecule has 1 N–H and O–H groups in total. The van der Waals surface area contributed by atoms with E-state index in [1.807, 2.05) is 25.5 Å². The fraction of sp³-hybridized carbons (Fsp3) is 0.429. The molecule has 0 spiro atoms. The lowest BCUT2D eigenvalue weighted by Crippen LogP contribution is -2.13. The van der Waals surface area contributed by atoms with Crippen molar-refractivity contribution >= 4 is 0 Å². The van der Waals surface area contributed by atoms with Crippen molar-refractivity contribution in [1.29, 1.82) is 0 Å². The first-order chi connectivity index (χ1) is 8.90. The molecule has 0 unspecified atom stereocenters. The van der Waals surface area contributed by atoms with Gasteiger partial charge in [-0.25, -0.2) is 4.98 Å². The first kappa shape index (κ1) is 11.4. The number of rotatable bonds is 4. The molecule has 3 heterocycles. The highest BCUT2D eigenvalue weighted by atomic mass is 15.1. The van der Waals surface area contributed by atoms with E-state index in [1.54, 1.807) is 0 Å². The zero-order valence-electron chi connectivity index (χ0n) is 10.7. The Hall–Kier alpha value is -1.68. The summed E-state index contributed by atoms with van der Waals surface area (Å²) in [5, 5.41) is 3.19. The molecular formula is C14H18N4. The maximum absolute atomic E-state index is 4.82. The van der Waals surface area contributed by atoms with Crippen molar-refractivity contribution in [2.75, 3.05) is 13.6 Å². The van der Waals surface area contributed by atoms with Gasteiger partial charge in [-0.1, -0.05) is 0 Å². The number of likely N-dealkylation sites (N-methyl/N-ethyl adjacent to an activating group) is 1. The van der Waals surface area contributed by atoms with Crippen LogP contribution in [0.3, 0.4) is 0 Å². The van der Waals surface area contributed by atoms with Crippen molar-refractivity contribution < 1.29 is 0 Å². The second-order valence-corrected chi connectivity index (χ2v) is 4.67. The van der Waals surface area contributed by atoms with E-state index in [-0.39, 0.29) is 0 Å². The summed E-state index contributed by atoms with van der Waals surface area (Å²) in [6.45, 7) is 2.09. The molecule has 1 aliphatic rings. The van der Waals surface area contributed by atoms with Crippen LogP contribution >= 0.6 is 0 Å². The molecule has 2 aromatic rings. The minimum Gasteiger partial charge on any atom is -0.331 e. The quantitative estimate of drug-likeness (QED) is 0.886. The highest BCUT2D eigenvalue weighted by Gasteiger charge is 2.21. The van der Waals surface area contributed by atoms with Gasteiger partial charge in [0.2, 0.25) is 0 Å². The second-order valence-electron chi connectivity index (χ2n) is 4.67. The molecule has 0 atom stereocenters. The fourth-order valence-corrected chi connectivity index (χ4v) is 2.62. The van der Waals surface area contributed by atoms with Gasteiger partial charge in [0, 0.05) is 43.2 Å². The molecule has 0 saturated heterocycles. The Morgan fingerprint density at radius 3 is 3.17 bits per heavy atom. The summed E-state index contributed by atoms with van der Waals surface area (Å²) in [6.07, 6.45) is 7.07. The second kappa shape index (κ2) is 4.90. The van der Waals surface area contributed by atoms with E-state index in [9.17, 15) is 0 Å². The Bertz CT molecular complexity index is 530. The predicted molar refractivity (Wildman–Crippen MR) is 71.4 cm³/mol. The minimum absolute atomic E-state index is 0.975.